The summed E-state index contributed by atoms with van der Waals surface area (Å²) in [5, 5.41) is 6.75. The van der Waals surface area contributed by atoms with Gasteiger partial charge in [0.15, 0.2) is 5.58 Å². The third-order valence-electron chi connectivity index (χ3n) is 10.8. The first-order chi connectivity index (χ1) is 27.3. The number of para-hydroxylation sites is 3. The fraction of sp³-hybridized carbons (Fsp3) is 0. The monoisotopic (exact) mass is 723 g/mol. The van der Waals surface area contributed by atoms with Gasteiger partial charge in [-0.05, 0) is 84.9 Å². The molecule has 0 aliphatic carbocycles. The van der Waals surface area contributed by atoms with Crippen molar-refractivity contribution in [2.45, 2.75) is 0 Å². The highest BCUT2D eigenvalue weighted by atomic mass is 32.1. The Morgan fingerprint density at radius 2 is 1.22 bits per heavy atom. The SMILES string of the molecule is c1ccc(-c2nc3ccc4oc5ccc(N(c6cccc7sc8ccccc8c67)c6cccc7c8ccccc8n(-c8ccccc8)c67)cc5c4c3o2)cc1. The Hall–Kier alpha value is -7.15. The van der Waals surface area contributed by atoms with E-state index >= 15 is 0 Å². The average Bonchev–Trinajstić information content (AvgIpc) is 4.02. The smallest absolute Gasteiger partial charge is 0.227 e. The molecule has 55 heavy (non-hydrogen) atoms. The number of fused-ring (bicyclic) bond motifs is 11. The van der Waals surface area contributed by atoms with Gasteiger partial charge in [0.05, 0.1) is 27.8 Å². The predicted octanol–water partition coefficient (Wildman–Crippen LogP) is 14.3. The summed E-state index contributed by atoms with van der Waals surface area (Å²) in [6, 6.07) is 62.1. The van der Waals surface area contributed by atoms with Crippen molar-refractivity contribution in [1.29, 1.82) is 0 Å². The molecule has 0 aliphatic rings. The lowest BCUT2D eigenvalue weighted by molar-refractivity contribution is 0.622. The molecular weight excluding hydrogens is 695 g/mol. The van der Waals surface area contributed by atoms with Crippen LogP contribution in [0.15, 0.2) is 185 Å². The Morgan fingerprint density at radius 1 is 0.509 bits per heavy atom. The number of aromatic nitrogens is 2. The highest BCUT2D eigenvalue weighted by Gasteiger charge is 2.25. The lowest BCUT2D eigenvalue weighted by Gasteiger charge is -2.28. The molecular formula is C49H29N3O2S. The summed E-state index contributed by atoms with van der Waals surface area (Å²) >= 11 is 1.83. The summed E-state index contributed by atoms with van der Waals surface area (Å²) in [7, 11) is 0. The van der Waals surface area contributed by atoms with Gasteiger partial charge in [-0.2, -0.15) is 0 Å². The van der Waals surface area contributed by atoms with E-state index in [1.807, 2.05) is 53.8 Å². The van der Waals surface area contributed by atoms with E-state index in [0.717, 1.165) is 72.4 Å². The van der Waals surface area contributed by atoms with Crippen molar-refractivity contribution in [3.05, 3.63) is 176 Å². The molecule has 6 heteroatoms. The molecule has 12 aromatic rings. The number of nitrogens with zero attached hydrogens (tertiary/aromatic N) is 3. The number of hydrogen-bond donors (Lipinski definition) is 0. The predicted molar refractivity (Wildman–Crippen MR) is 229 cm³/mol. The molecule has 0 unspecified atom stereocenters. The molecule has 4 aromatic heterocycles. The first-order valence-electron chi connectivity index (χ1n) is 18.4. The molecule has 12 rings (SSSR count). The number of thiophene rings is 1. The lowest BCUT2D eigenvalue weighted by Crippen LogP contribution is -2.12. The molecule has 258 valence electrons. The van der Waals surface area contributed by atoms with Gasteiger partial charge in [-0.1, -0.05) is 91.0 Å². The van der Waals surface area contributed by atoms with E-state index in [2.05, 4.69) is 143 Å². The van der Waals surface area contributed by atoms with Crippen LogP contribution in [0.4, 0.5) is 17.1 Å². The zero-order valence-electron chi connectivity index (χ0n) is 29.3. The Balaban J connectivity index is 1.19. The summed E-state index contributed by atoms with van der Waals surface area (Å²) in [5.74, 6) is 0.590. The van der Waals surface area contributed by atoms with Crippen molar-refractivity contribution in [3.63, 3.8) is 0 Å². The molecule has 0 atom stereocenters. The Bertz CT molecular complexity index is 3450. The molecule has 0 fully saturated rings. The van der Waals surface area contributed by atoms with Crippen LogP contribution in [0.25, 0.3) is 92.2 Å². The van der Waals surface area contributed by atoms with Crippen LogP contribution in [0.2, 0.25) is 0 Å². The number of oxazole rings is 1. The molecule has 0 amide bonds. The normalized spacial score (nSPS) is 12.0. The fourth-order valence-electron chi connectivity index (χ4n) is 8.45. The molecule has 0 bridgehead atoms. The maximum Gasteiger partial charge on any atom is 0.227 e. The summed E-state index contributed by atoms with van der Waals surface area (Å²) < 4.78 is 18.0. The fourth-order valence-corrected chi connectivity index (χ4v) is 9.58. The molecule has 0 saturated heterocycles. The van der Waals surface area contributed by atoms with Gasteiger partial charge in [-0.25, -0.2) is 4.98 Å². The van der Waals surface area contributed by atoms with E-state index in [1.54, 1.807) is 0 Å². The number of furan rings is 1. The van der Waals surface area contributed by atoms with E-state index in [4.69, 9.17) is 13.8 Å². The average molecular weight is 724 g/mol. The Kier molecular flexibility index (Phi) is 6.44. The summed E-state index contributed by atoms with van der Waals surface area (Å²) in [6.07, 6.45) is 0. The minimum Gasteiger partial charge on any atom is -0.456 e. The lowest BCUT2D eigenvalue weighted by atomic mass is 10.1. The third-order valence-corrected chi connectivity index (χ3v) is 11.9. The second kappa shape index (κ2) is 11.7. The molecule has 0 radical (unpaired) electrons. The van der Waals surface area contributed by atoms with Gasteiger partial charge in [-0.3, -0.25) is 0 Å². The van der Waals surface area contributed by atoms with E-state index < -0.39 is 0 Å². The zero-order valence-corrected chi connectivity index (χ0v) is 30.1. The number of benzene rings is 8. The van der Waals surface area contributed by atoms with Gasteiger partial charge in [0, 0.05) is 53.3 Å². The van der Waals surface area contributed by atoms with Crippen LogP contribution in [-0.4, -0.2) is 9.55 Å². The largest absolute Gasteiger partial charge is 0.456 e. The molecule has 5 nitrogen and oxygen atoms in total. The first-order valence-corrected chi connectivity index (χ1v) is 19.2. The van der Waals surface area contributed by atoms with Crippen LogP contribution in [-0.2, 0) is 0 Å². The van der Waals surface area contributed by atoms with Crippen molar-refractivity contribution < 1.29 is 8.83 Å². The van der Waals surface area contributed by atoms with Gasteiger partial charge in [-0.15, -0.1) is 11.3 Å². The second-order valence-corrected chi connectivity index (χ2v) is 15.0. The third kappa shape index (κ3) is 4.49. The molecule has 0 spiro atoms. The zero-order chi connectivity index (χ0) is 36.0. The molecule has 0 N–H and O–H groups in total. The molecule has 0 saturated carbocycles. The van der Waals surface area contributed by atoms with Gasteiger partial charge in [0.25, 0.3) is 0 Å². The van der Waals surface area contributed by atoms with Crippen molar-refractivity contribution in [2.75, 3.05) is 4.90 Å². The van der Waals surface area contributed by atoms with Gasteiger partial charge >= 0.3 is 0 Å². The maximum absolute atomic E-state index is 6.57. The second-order valence-electron chi connectivity index (χ2n) is 13.9. The minimum atomic E-state index is 0.590. The quantitative estimate of drug-likeness (QED) is 0.177. The van der Waals surface area contributed by atoms with Crippen LogP contribution >= 0.6 is 11.3 Å². The van der Waals surface area contributed by atoms with Crippen LogP contribution < -0.4 is 4.90 Å². The highest BCUT2D eigenvalue weighted by Crippen LogP contribution is 2.49. The summed E-state index contributed by atoms with van der Waals surface area (Å²) in [4.78, 5) is 7.34. The van der Waals surface area contributed by atoms with E-state index in [9.17, 15) is 0 Å². The summed E-state index contributed by atoms with van der Waals surface area (Å²) in [6.45, 7) is 0. The maximum atomic E-state index is 6.57. The topological polar surface area (TPSA) is 47.3 Å². The molecule has 4 heterocycles. The minimum absolute atomic E-state index is 0.590. The number of hydrogen-bond acceptors (Lipinski definition) is 5. The number of rotatable bonds is 5. The van der Waals surface area contributed by atoms with Crippen LogP contribution in [0, 0.1) is 0 Å². The van der Waals surface area contributed by atoms with Gasteiger partial charge < -0.3 is 18.3 Å². The van der Waals surface area contributed by atoms with Crippen molar-refractivity contribution >= 4 is 103 Å². The van der Waals surface area contributed by atoms with Crippen LogP contribution in [0.1, 0.15) is 0 Å². The van der Waals surface area contributed by atoms with Crippen molar-refractivity contribution in [2.24, 2.45) is 0 Å². The van der Waals surface area contributed by atoms with Crippen LogP contribution in [0.5, 0.6) is 0 Å². The van der Waals surface area contributed by atoms with Gasteiger partial charge in [0.1, 0.15) is 16.7 Å². The highest BCUT2D eigenvalue weighted by molar-refractivity contribution is 7.26. The van der Waals surface area contributed by atoms with E-state index in [0.29, 0.717) is 5.89 Å². The van der Waals surface area contributed by atoms with E-state index in [-0.39, 0.29) is 0 Å². The van der Waals surface area contributed by atoms with E-state index in [1.165, 1.54) is 30.9 Å². The van der Waals surface area contributed by atoms with Crippen molar-refractivity contribution in [1.82, 2.24) is 9.55 Å². The van der Waals surface area contributed by atoms with Gasteiger partial charge in [0.2, 0.25) is 5.89 Å². The molecule has 8 aromatic carbocycles. The Morgan fingerprint density at radius 3 is 2.11 bits per heavy atom. The van der Waals surface area contributed by atoms with Crippen molar-refractivity contribution in [3.8, 4) is 17.1 Å². The summed E-state index contributed by atoms with van der Waals surface area (Å²) in [5.41, 5.74) is 10.6. The Labute approximate surface area is 318 Å². The molecule has 0 aliphatic heterocycles. The standard InChI is InChI=1S/C49H29N3O2S/c1-3-13-30(14-4-1)49-50-37-26-28-42-46(48(37)54-49)36-29-32(25-27-41(36)53-42)51(39-21-12-24-44-45(39)35-18-8-10-23-43(35)55-44)40-22-11-19-34-33-17-7-9-20-38(33)52(47(34)40)31-15-5-2-6-16-31/h1-29H. The van der Waals surface area contributed by atoms with Crippen LogP contribution in [0.3, 0.4) is 0 Å². The first kappa shape index (κ1) is 30.3. The number of anilines is 3.